The summed E-state index contributed by atoms with van der Waals surface area (Å²) < 4.78 is 47.2. The summed E-state index contributed by atoms with van der Waals surface area (Å²) in [5.41, 5.74) is 0. The number of halogens is 3. The Bertz CT molecular complexity index is 146. The van der Waals surface area contributed by atoms with E-state index in [1.165, 1.54) is 0 Å². The molecule has 1 saturated heterocycles. The van der Waals surface area contributed by atoms with E-state index in [0.29, 0.717) is 0 Å². The Balaban J connectivity index is 0. The van der Waals surface area contributed by atoms with Crippen LogP contribution in [0.15, 0.2) is 0 Å². The summed E-state index contributed by atoms with van der Waals surface area (Å²) in [7, 11) is -7.46. The summed E-state index contributed by atoms with van der Waals surface area (Å²) in [6, 6.07) is 0. The van der Waals surface area contributed by atoms with Gasteiger partial charge >= 0.3 is 26.4 Å². The number of hydrogen-bond acceptors (Lipinski definition) is 4. The van der Waals surface area contributed by atoms with Crippen LogP contribution in [0.5, 0.6) is 0 Å². The van der Waals surface area contributed by atoms with E-state index in [0.717, 1.165) is 0 Å². The van der Waals surface area contributed by atoms with Crippen molar-refractivity contribution in [3.05, 3.63) is 0 Å². The monoisotopic (exact) mass is 198 g/mol. The van der Waals surface area contributed by atoms with Gasteiger partial charge in [-0.3, -0.25) is 17.5 Å². The minimum Gasteiger partial charge on any atom is -0.756 e. The van der Waals surface area contributed by atoms with Crippen LogP contribution in [-0.2, 0) is 13.6 Å². The van der Waals surface area contributed by atoms with Crippen molar-refractivity contribution >= 4 is 15.4 Å². The fourth-order valence-electron chi connectivity index (χ4n) is 0.335. The molecular formula is C2H4BF3LiO4P. The van der Waals surface area contributed by atoms with Crippen molar-refractivity contribution in [3.63, 3.8) is 0 Å². The minimum absolute atomic E-state index is 0. The van der Waals surface area contributed by atoms with Crippen molar-refractivity contribution in [3.8, 4) is 0 Å². The first-order valence-corrected chi connectivity index (χ1v) is 3.92. The molecule has 0 atom stereocenters. The molecule has 0 aromatic carbocycles. The molecule has 0 N–H and O–H groups in total. The molecule has 0 aromatic heterocycles. The third kappa shape index (κ3) is 10.6. The van der Waals surface area contributed by atoms with Crippen LogP contribution >= 0.6 is 7.82 Å². The zero-order chi connectivity index (χ0) is 8.91. The first kappa shape index (κ1) is 15.1. The molecule has 1 fully saturated rings. The minimum atomic E-state index is -3.79. The van der Waals surface area contributed by atoms with Gasteiger partial charge in [-0.2, -0.15) is 0 Å². The molecular weight excluding hydrogens is 194 g/mol. The molecule has 0 bridgehead atoms. The molecule has 1 aliphatic rings. The quantitative estimate of drug-likeness (QED) is 0.316. The molecule has 12 heavy (non-hydrogen) atoms. The average Bonchev–Trinajstić information content (AvgIpc) is 2.11. The standard InChI is InChI=1S/C2H5O4P.BF3.Li/c3-7(4)5-1-2-6-7;2-1(3)4;/h1-2H2,(H,3,4);;/q;;+1/p-1. The Morgan fingerprint density at radius 2 is 1.50 bits per heavy atom. The van der Waals surface area contributed by atoms with E-state index in [1.807, 2.05) is 0 Å². The first-order chi connectivity index (χ1) is 4.94. The normalized spacial score (nSPS) is 18.7. The van der Waals surface area contributed by atoms with Crippen LogP contribution in [0.3, 0.4) is 0 Å². The van der Waals surface area contributed by atoms with E-state index < -0.39 is 15.4 Å². The molecule has 0 aliphatic carbocycles. The largest absolute Gasteiger partial charge is 1.00 e. The average molecular weight is 198 g/mol. The van der Waals surface area contributed by atoms with E-state index in [1.54, 1.807) is 0 Å². The van der Waals surface area contributed by atoms with E-state index in [9.17, 15) is 22.4 Å². The second-order valence-electron chi connectivity index (χ2n) is 1.36. The predicted molar refractivity (Wildman–Crippen MR) is 28.6 cm³/mol. The van der Waals surface area contributed by atoms with Gasteiger partial charge in [-0.1, -0.05) is 0 Å². The molecule has 1 rings (SSSR count). The third-order valence-electron chi connectivity index (χ3n) is 0.582. The Morgan fingerprint density at radius 3 is 1.58 bits per heavy atom. The Hall–Kier alpha value is 0.562. The van der Waals surface area contributed by atoms with Crippen LogP contribution in [-0.4, -0.2) is 20.8 Å². The molecule has 1 heterocycles. The summed E-state index contributed by atoms with van der Waals surface area (Å²) in [6.07, 6.45) is 0. The fourth-order valence-corrected chi connectivity index (χ4v) is 1.01. The van der Waals surface area contributed by atoms with Crippen molar-refractivity contribution in [2.45, 2.75) is 0 Å². The maximum Gasteiger partial charge on any atom is 1.00 e. The van der Waals surface area contributed by atoms with Crippen molar-refractivity contribution in [1.82, 2.24) is 0 Å². The number of phosphoric acid groups is 1. The Morgan fingerprint density at radius 1 is 1.25 bits per heavy atom. The summed E-state index contributed by atoms with van der Waals surface area (Å²) in [6.45, 7) is 0.335. The number of hydrogen-bond donors (Lipinski definition) is 0. The second kappa shape index (κ2) is 7.01. The molecule has 0 radical (unpaired) electrons. The molecule has 4 nitrogen and oxygen atoms in total. The molecule has 0 aromatic rings. The number of phosphoric ester groups is 1. The Kier molecular flexibility index (Phi) is 8.80. The third-order valence-corrected chi connectivity index (χ3v) is 1.58. The van der Waals surface area contributed by atoms with Crippen LogP contribution < -0.4 is 23.8 Å². The van der Waals surface area contributed by atoms with Gasteiger partial charge in [0.25, 0.3) is 7.82 Å². The van der Waals surface area contributed by atoms with Crippen molar-refractivity contribution < 1.29 is 50.3 Å². The van der Waals surface area contributed by atoms with Gasteiger partial charge in [0.1, 0.15) is 0 Å². The summed E-state index contributed by atoms with van der Waals surface area (Å²) in [5.74, 6) is 0. The van der Waals surface area contributed by atoms with Crippen LogP contribution in [0.4, 0.5) is 12.9 Å². The zero-order valence-electron chi connectivity index (χ0n) is 6.21. The van der Waals surface area contributed by atoms with Gasteiger partial charge < -0.3 is 13.9 Å². The summed E-state index contributed by atoms with van der Waals surface area (Å²) in [5, 5.41) is 0. The molecule has 0 saturated carbocycles. The maximum absolute atomic E-state index is 10.0. The summed E-state index contributed by atoms with van der Waals surface area (Å²) >= 11 is 0. The zero-order valence-corrected chi connectivity index (χ0v) is 7.10. The second-order valence-corrected chi connectivity index (χ2v) is 2.77. The van der Waals surface area contributed by atoms with Gasteiger partial charge in [0.2, 0.25) is 0 Å². The van der Waals surface area contributed by atoms with Crippen LogP contribution in [0.25, 0.3) is 0 Å². The van der Waals surface area contributed by atoms with E-state index in [-0.39, 0.29) is 32.1 Å². The van der Waals surface area contributed by atoms with Crippen LogP contribution in [0.1, 0.15) is 0 Å². The van der Waals surface area contributed by atoms with Crippen molar-refractivity contribution in [2.24, 2.45) is 0 Å². The van der Waals surface area contributed by atoms with E-state index in [2.05, 4.69) is 9.05 Å². The van der Waals surface area contributed by atoms with Gasteiger partial charge in [-0.15, -0.1) is 0 Å². The topological polar surface area (TPSA) is 58.6 Å². The Labute approximate surface area is 79.4 Å². The van der Waals surface area contributed by atoms with Crippen molar-refractivity contribution in [1.29, 1.82) is 0 Å². The van der Waals surface area contributed by atoms with Gasteiger partial charge in [0.15, 0.2) is 0 Å². The predicted octanol–water partition coefficient (Wildman–Crippen LogP) is -2.61. The van der Waals surface area contributed by atoms with Gasteiger partial charge in [-0.05, 0) is 0 Å². The van der Waals surface area contributed by atoms with Crippen LogP contribution in [0, 0.1) is 0 Å². The van der Waals surface area contributed by atoms with E-state index in [4.69, 9.17) is 0 Å². The van der Waals surface area contributed by atoms with E-state index >= 15 is 0 Å². The SMILES string of the molecule is FB(F)F.O=P1([O-])OCCO1.[Li+]. The molecule has 1 aliphatic heterocycles. The van der Waals surface area contributed by atoms with Crippen molar-refractivity contribution in [2.75, 3.05) is 13.2 Å². The van der Waals surface area contributed by atoms with Gasteiger partial charge in [-0.25, -0.2) is 0 Å². The van der Waals surface area contributed by atoms with Gasteiger partial charge in [0, 0.05) is 0 Å². The molecule has 10 heteroatoms. The molecule has 66 valence electrons. The maximum atomic E-state index is 10.0. The molecule has 0 amide bonds. The van der Waals surface area contributed by atoms with Crippen LogP contribution in [0.2, 0.25) is 0 Å². The first-order valence-electron chi connectivity index (χ1n) is 2.46. The summed E-state index contributed by atoms with van der Waals surface area (Å²) in [4.78, 5) is 10.0. The molecule has 0 spiro atoms. The number of rotatable bonds is 0. The fraction of sp³-hybridized carbons (Fsp3) is 1.00. The molecule has 0 unspecified atom stereocenters. The van der Waals surface area contributed by atoms with Gasteiger partial charge in [0.05, 0.1) is 13.2 Å². The smallest absolute Gasteiger partial charge is 0.756 e.